The van der Waals surface area contributed by atoms with Crippen molar-refractivity contribution in [3.63, 3.8) is 0 Å². The minimum Gasteiger partial charge on any atom is -0.480 e. The Morgan fingerprint density at radius 1 is 1.07 bits per heavy atom. The molecule has 5 N–H and O–H groups in total. The fourth-order valence-corrected chi connectivity index (χ4v) is 2.54. The second kappa shape index (κ2) is 12.5. The first kappa shape index (κ1) is 23.1. The molecule has 0 aliphatic heterocycles. The summed E-state index contributed by atoms with van der Waals surface area (Å²) in [7, 11) is 0. The van der Waals surface area contributed by atoms with Crippen LogP contribution in [0.15, 0.2) is 35.3 Å². The normalized spacial score (nSPS) is 12.5. The maximum absolute atomic E-state index is 11.8. The molecule has 0 aromatic heterocycles. The average Bonchev–Trinajstić information content (AvgIpc) is 2.62. The van der Waals surface area contributed by atoms with E-state index in [1.54, 1.807) is 13.8 Å². The summed E-state index contributed by atoms with van der Waals surface area (Å²) in [6.45, 7) is 4.00. The number of nitrogens with two attached hydrogens (primary N) is 1. The van der Waals surface area contributed by atoms with Crippen molar-refractivity contribution in [2.75, 3.05) is 6.54 Å². The molecular weight excluding hydrogens is 360 g/mol. The van der Waals surface area contributed by atoms with Gasteiger partial charge in [-0.15, -0.1) is 0 Å². The molecule has 0 radical (unpaired) electrons. The van der Waals surface area contributed by atoms with Crippen molar-refractivity contribution in [3.8, 4) is 0 Å². The van der Waals surface area contributed by atoms with Gasteiger partial charge in [-0.3, -0.25) is 14.9 Å². The quantitative estimate of drug-likeness (QED) is 0.258. The molecule has 1 aromatic carbocycles. The monoisotopic (exact) mass is 390 g/mol. The van der Waals surface area contributed by atoms with Gasteiger partial charge in [-0.25, -0.2) is 9.79 Å². The number of amides is 2. The van der Waals surface area contributed by atoms with Gasteiger partial charge in [0.2, 0.25) is 11.8 Å². The van der Waals surface area contributed by atoms with E-state index in [0.29, 0.717) is 19.4 Å². The van der Waals surface area contributed by atoms with E-state index in [0.717, 1.165) is 18.4 Å². The van der Waals surface area contributed by atoms with Gasteiger partial charge in [-0.1, -0.05) is 50.6 Å². The van der Waals surface area contributed by atoms with E-state index >= 15 is 0 Å². The van der Waals surface area contributed by atoms with Crippen molar-refractivity contribution in [2.24, 2.45) is 16.6 Å². The molecule has 0 heterocycles. The molecule has 28 heavy (non-hydrogen) atoms. The van der Waals surface area contributed by atoms with Crippen LogP contribution in [0.25, 0.3) is 0 Å². The van der Waals surface area contributed by atoms with Crippen molar-refractivity contribution < 1.29 is 19.5 Å². The molecular formula is C20H30N4O4. The Hall–Kier alpha value is -2.90. The van der Waals surface area contributed by atoms with Gasteiger partial charge in [0.25, 0.3) is 0 Å². The molecule has 0 fully saturated rings. The summed E-state index contributed by atoms with van der Waals surface area (Å²) >= 11 is 0. The SMILES string of the molecule is CC(C)[C@H](N=C(N)NC(=O)CCCCCNC(=O)Cc1ccccc1)C(=O)O. The summed E-state index contributed by atoms with van der Waals surface area (Å²) in [4.78, 5) is 38.6. The van der Waals surface area contributed by atoms with Crippen LogP contribution >= 0.6 is 0 Å². The number of guanidine groups is 1. The number of rotatable bonds is 11. The van der Waals surface area contributed by atoms with Crippen LogP contribution < -0.4 is 16.4 Å². The van der Waals surface area contributed by atoms with Crippen LogP contribution in [0.2, 0.25) is 0 Å². The van der Waals surface area contributed by atoms with Gasteiger partial charge in [-0.05, 0) is 24.3 Å². The zero-order valence-corrected chi connectivity index (χ0v) is 16.5. The smallest absolute Gasteiger partial charge is 0.328 e. The number of aliphatic carboxylic acids is 1. The third kappa shape index (κ3) is 9.70. The summed E-state index contributed by atoms with van der Waals surface area (Å²) in [6.07, 6.45) is 2.80. The van der Waals surface area contributed by atoms with Gasteiger partial charge >= 0.3 is 5.97 Å². The number of nitrogens with one attached hydrogen (secondary N) is 2. The van der Waals surface area contributed by atoms with E-state index in [1.807, 2.05) is 30.3 Å². The zero-order chi connectivity index (χ0) is 20.9. The first-order valence-corrected chi connectivity index (χ1v) is 9.46. The standard InChI is InChI=1S/C20H30N4O4/c1-14(2)18(19(27)28)24-20(21)23-16(25)11-7-4-8-12-22-17(26)13-15-9-5-3-6-10-15/h3,5-6,9-10,14,18H,4,7-8,11-13H2,1-2H3,(H,22,26)(H,27,28)(H3,21,23,24,25)/t18-/m0/s1. The molecule has 0 unspecified atom stereocenters. The van der Waals surface area contributed by atoms with Crippen LogP contribution in [0.5, 0.6) is 0 Å². The van der Waals surface area contributed by atoms with E-state index < -0.39 is 12.0 Å². The molecule has 0 spiro atoms. The maximum Gasteiger partial charge on any atom is 0.328 e. The highest BCUT2D eigenvalue weighted by Gasteiger charge is 2.21. The van der Waals surface area contributed by atoms with Crippen molar-refractivity contribution in [3.05, 3.63) is 35.9 Å². The number of hydrogen-bond donors (Lipinski definition) is 4. The van der Waals surface area contributed by atoms with Gasteiger partial charge in [0.1, 0.15) is 0 Å². The van der Waals surface area contributed by atoms with E-state index in [9.17, 15) is 14.4 Å². The summed E-state index contributed by atoms with van der Waals surface area (Å²) in [5, 5.41) is 14.3. The fraction of sp³-hybridized carbons (Fsp3) is 0.500. The first-order valence-electron chi connectivity index (χ1n) is 9.46. The fourth-order valence-electron chi connectivity index (χ4n) is 2.54. The largest absolute Gasteiger partial charge is 0.480 e. The van der Waals surface area contributed by atoms with Gasteiger partial charge < -0.3 is 16.2 Å². The molecule has 1 atom stereocenters. The third-order valence-corrected chi connectivity index (χ3v) is 4.04. The number of unbranched alkanes of at least 4 members (excludes halogenated alkanes) is 2. The van der Waals surface area contributed by atoms with Gasteiger partial charge in [0.15, 0.2) is 12.0 Å². The van der Waals surface area contributed by atoms with Crippen LogP contribution in [0.4, 0.5) is 0 Å². The second-order valence-electron chi connectivity index (χ2n) is 6.91. The molecule has 0 aliphatic carbocycles. The topological polar surface area (TPSA) is 134 Å². The van der Waals surface area contributed by atoms with E-state index in [1.165, 1.54) is 0 Å². The van der Waals surface area contributed by atoms with Crippen molar-refractivity contribution in [1.82, 2.24) is 10.6 Å². The molecule has 0 bridgehead atoms. The van der Waals surface area contributed by atoms with Crippen LogP contribution in [0, 0.1) is 5.92 Å². The van der Waals surface area contributed by atoms with Gasteiger partial charge in [0.05, 0.1) is 6.42 Å². The lowest BCUT2D eigenvalue weighted by atomic mass is 10.1. The van der Waals surface area contributed by atoms with Crippen LogP contribution in [0.1, 0.15) is 45.1 Å². The Balaban J connectivity index is 2.17. The highest BCUT2D eigenvalue weighted by atomic mass is 16.4. The number of carbonyl (C=O) groups is 3. The molecule has 0 saturated carbocycles. The number of hydrogen-bond acceptors (Lipinski definition) is 4. The Morgan fingerprint density at radius 3 is 2.36 bits per heavy atom. The molecule has 2 amide bonds. The number of aliphatic imine (C=N–C) groups is 1. The van der Waals surface area contributed by atoms with Gasteiger partial charge in [-0.2, -0.15) is 0 Å². The predicted octanol–water partition coefficient (Wildman–Crippen LogP) is 1.45. The lowest BCUT2D eigenvalue weighted by Gasteiger charge is -2.13. The maximum atomic E-state index is 11.8. The van der Waals surface area contributed by atoms with Crippen molar-refractivity contribution in [2.45, 2.75) is 52.0 Å². The number of carbonyl (C=O) groups excluding carboxylic acids is 2. The highest BCUT2D eigenvalue weighted by Crippen LogP contribution is 2.06. The molecule has 0 saturated heterocycles. The van der Waals surface area contributed by atoms with E-state index in [4.69, 9.17) is 10.8 Å². The number of benzene rings is 1. The van der Waals surface area contributed by atoms with E-state index in [-0.39, 0.29) is 30.1 Å². The van der Waals surface area contributed by atoms with Gasteiger partial charge in [0, 0.05) is 13.0 Å². The van der Waals surface area contributed by atoms with Crippen molar-refractivity contribution >= 4 is 23.7 Å². The minimum atomic E-state index is -1.08. The number of nitrogens with zero attached hydrogens (tertiary/aromatic N) is 1. The summed E-state index contributed by atoms with van der Waals surface area (Å²) < 4.78 is 0. The summed E-state index contributed by atoms with van der Waals surface area (Å²) in [5.74, 6) is -1.82. The number of carboxylic acids is 1. The Morgan fingerprint density at radius 2 is 1.75 bits per heavy atom. The minimum absolute atomic E-state index is 0.0222. The van der Waals surface area contributed by atoms with Crippen LogP contribution in [-0.4, -0.2) is 41.4 Å². The van der Waals surface area contributed by atoms with Crippen LogP contribution in [-0.2, 0) is 20.8 Å². The molecule has 1 aromatic rings. The van der Waals surface area contributed by atoms with E-state index in [2.05, 4.69) is 15.6 Å². The Kier molecular flexibility index (Phi) is 10.3. The zero-order valence-electron chi connectivity index (χ0n) is 16.5. The van der Waals surface area contributed by atoms with Crippen molar-refractivity contribution in [1.29, 1.82) is 0 Å². The van der Waals surface area contributed by atoms with Crippen LogP contribution in [0.3, 0.4) is 0 Å². The molecule has 154 valence electrons. The predicted molar refractivity (Wildman–Crippen MR) is 108 cm³/mol. The Bertz CT molecular complexity index is 674. The second-order valence-corrected chi connectivity index (χ2v) is 6.91. The Labute approximate surface area is 165 Å². The summed E-state index contributed by atoms with van der Waals surface area (Å²) in [6, 6.07) is 8.54. The molecule has 8 nitrogen and oxygen atoms in total. The molecule has 1 rings (SSSR count). The molecule has 8 heteroatoms. The first-order chi connectivity index (χ1) is 13.3. The lowest BCUT2D eigenvalue weighted by molar-refractivity contribution is -0.139. The molecule has 0 aliphatic rings. The number of carboxylic acid groups (broad SMARTS) is 1. The third-order valence-electron chi connectivity index (χ3n) is 4.04. The lowest BCUT2D eigenvalue weighted by Crippen LogP contribution is -2.39. The average molecular weight is 390 g/mol. The summed E-state index contributed by atoms with van der Waals surface area (Å²) in [5.41, 5.74) is 6.58. The highest BCUT2D eigenvalue weighted by molar-refractivity contribution is 5.97.